The molecule has 14 heavy (non-hydrogen) atoms. The van der Waals surface area contributed by atoms with Gasteiger partial charge in [-0.1, -0.05) is 6.42 Å². The van der Waals surface area contributed by atoms with Crippen molar-refractivity contribution in [1.29, 1.82) is 0 Å². The lowest BCUT2D eigenvalue weighted by Crippen LogP contribution is -2.44. The van der Waals surface area contributed by atoms with Gasteiger partial charge in [-0.3, -0.25) is 5.43 Å². The molecule has 3 nitrogen and oxygen atoms in total. The summed E-state index contributed by atoms with van der Waals surface area (Å²) in [6, 6.07) is 0. The number of ether oxygens (including phenoxy) is 1. The predicted octanol–water partition coefficient (Wildman–Crippen LogP) is 1.40. The lowest BCUT2D eigenvalue weighted by molar-refractivity contribution is 0.0538. The van der Waals surface area contributed by atoms with Crippen molar-refractivity contribution in [3.63, 3.8) is 0 Å². The minimum Gasteiger partial charge on any atom is -0.381 e. The fourth-order valence-electron chi connectivity index (χ4n) is 2.26. The van der Waals surface area contributed by atoms with E-state index in [0.29, 0.717) is 0 Å². The summed E-state index contributed by atoms with van der Waals surface area (Å²) in [4.78, 5) is 0. The molecule has 0 aliphatic carbocycles. The van der Waals surface area contributed by atoms with Gasteiger partial charge >= 0.3 is 0 Å². The second-order valence-electron chi connectivity index (χ2n) is 4.47. The maximum Gasteiger partial charge on any atom is 0.0469 e. The standard InChI is InChI=1S/C11H22N2O/c1-2-6-13(7-3-1)12-10-11-4-8-14-9-5-11/h11-12H,1-10H2. The van der Waals surface area contributed by atoms with Crippen LogP contribution in [0.2, 0.25) is 0 Å². The first-order valence-electron chi connectivity index (χ1n) is 6.01. The van der Waals surface area contributed by atoms with E-state index in [-0.39, 0.29) is 0 Å². The molecule has 0 radical (unpaired) electrons. The fourth-order valence-corrected chi connectivity index (χ4v) is 2.26. The van der Waals surface area contributed by atoms with Gasteiger partial charge < -0.3 is 4.74 Å². The quantitative estimate of drug-likeness (QED) is 0.742. The number of hydrazine groups is 1. The summed E-state index contributed by atoms with van der Waals surface area (Å²) in [7, 11) is 0. The average molecular weight is 198 g/mol. The smallest absolute Gasteiger partial charge is 0.0469 e. The Labute approximate surface area is 86.8 Å². The summed E-state index contributed by atoms with van der Waals surface area (Å²) in [5, 5.41) is 2.40. The highest BCUT2D eigenvalue weighted by Gasteiger charge is 2.15. The highest BCUT2D eigenvalue weighted by molar-refractivity contribution is 4.67. The van der Waals surface area contributed by atoms with Gasteiger partial charge in [-0.15, -0.1) is 0 Å². The molecule has 0 saturated carbocycles. The Bertz CT molecular complexity index is 133. The zero-order valence-corrected chi connectivity index (χ0v) is 9.00. The monoisotopic (exact) mass is 198 g/mol. The molecule has 3 heteroatoms. The lowest BCUT2D eigenvalue weighted by atomic mass is 10.0. The van der Waals surface area contributed by atoms with Gasteiger partial charge in [0, 0.05) is 32.8 Å². The van der Waals surface area contributed by atoms with E-state index in [1.54, 1.807) is 0 Å². The number of piperidine rings is 1. The van der Waals surface area contributed by atoms with E-state index in [1.165, 1.54) is 45.2 Å². The third kappa shape index (κ3) is 3.23. The van der Waals surface area contributed by atoms with Crippen LogP contribution in [-0.4, -0.2) is 37.9 Å². The number of rotatable bonds is 3. The highest BCUT2D eigenvalue weighted by atomic mass is 16.5. The van der Waals surface area contributed by atoms with Crippen LogP contribution in [0.15, 0.2) is 0 Å². The van der Waals surface area contributed by atoms with Crippen LogP contribution in [-0.2, 0) is 4.74 Å². The van der Waals surface area contributed by atoms with Gasteiger partial charge in [0.2, 0.25) is 0 Å². The summed E-state index contributed by atoms with van der Waals surface area (Å²) in [5.41, 5.74) is 3.57. The van der Waals surface area contributed by atoms with E-state index in [9.17, 15) is 0 Å². The van der Waals surface area contributed by atoms with Crippen LogP contribution in [0.5, 0.6) is 0 Å². The Morgan fingerprint density at radius 3 is 2.50 bits per heavy atom. The SMILES string of the molecule is C1CCN(NCC2CCOCC2)CC1. The van der Waals surface area contributed by atoms with Gasteiger partial charge in [0.25, 0.3) is 0 Å². The molecule has 2 fully saturated rings. The Balaban J connectivity index is 1.60. The summed E-state index contributed by atoms with van der Waals surface area (Å²) < 4.78 is 5.35. The van der Waals surface area contributed by atoms with Crippen molar-refractivity contribution in [3.8, 4) is 0 Å². The fraction of sp³-hybridized carbons (Fsp3) is 1.00. The minimum atomic E-state index is 0.839. The van der Waals surface area contributed by atoms with Crippen molar-refractivity contribution in [2.75, 3.05) is 32.8 Å². The summed E-state index contributed by atoms with van der Waals surface area (Å²) in [5.74, 6) is 0.839. The van der Waals surface area contributed by atoms with Gasteiger partial charge in [0.15, 0.2) is 0 Å². The molecule has 0 aromatic rings. The molecule has 0 bridgehead atoms. The van der Waals surface area contributed by atoms with Crippen molar-refractivity contribution in [2.45, 2.75) is 32.1 Å². The molecule has 2 aliphatic rings. The molecule has 82 valence electrons. The van der Waals surface area contributed by atoms with Crippen molar-refractivity contribution in [1.82, 2.24) is 10.4 Å². The molecule has 0 spiro atoms. The van der Waals surface area contributed by atoms with E-state index >= 15 is 0 Å². The molecule has 2 aliphatic heterocycles. The van der Waals surface area contributed by atoms with Gasteiger partial charge in [-0.25, -0.2) is 5.01 Å². The minimum absolute atomic E-state index is 0.839. The van der Waals surface area contributed by atoms with Crippen LogP contribution >= 0.6 is 0 Å². The molecule has 2 saturated heterocycles. The zero-order chi connectivity index (χ0) is 9.64. The van der Waals surface area contributed by atoms with E-state index in [2.05, 4.69) is 10.4 Å². The molecule has 0 amide bonds. The van der Waals surface area contributed by atoms with Crippen LogP contribution < -0.4 is 5.43 Å². The molecule has 0 aromatic carbocycles. The molecule has 0 atom stereocenters. The van der Waals surface area contributed by atoms with Crippen molar-refractivity contribution >= 4 is 0 Å². The first-order chi connectivity index (χ1) is 6.95. The molecular weight excluding hydrogens is 176 g/mol. The van der Waals surface area contributed by atoms with Crippen LogP contribution in [0.1, 0.15) is 32.1 Å². The molecule has 2 heterocycles. The first kappa shape index (κ1) is 10.4. The van der Waals surface area contributed by atoms with Crippen LogP contribution in [0.4, 0.5) is 0 Å². The third-order valence-corrected chi connectivity index (χ3v) is 3.30. The normalized spacial score (nSPS) is 26.6. The largest absolute Gasteiger partial charge is 0.381 e. The van der Waals surface area contributed by atoms with E-state index in [0.717, 1.165) is 25.7 Å². The summed E-state index contributed by atoms with van der Waals surface area (Å²) >= 11 is 0. The van der Waals surface area contributed by atoms with Gasteiger partial charge in [0.05, 0.1) is 0 Å². The maximum absolute atomic E-state index is 5.35. The Kier molecular flexibility index (Phi) is 4.22. The topological polar surface area (TPSA) is 24.5 Å². The molecule has 0 unspecified atom stereocenters. The van der Waals surface area contributed by atoms with Crippen molar-refractivity contribution < 1.29 is 4.74 Å². The molecule has 2 rings (SSSR count). The average Bonchev–Trinajstić information content (AvgIpc) is 2.29. The Hall–Kier alpha value is -0.120. The number of hydrogen-bond donors (Lipinski definition) is 1. The number of nitrogens with one attached hydrogen (secondary N) is 1. The predicted molar refractivity (Wildman–Crippen MR) is 57.0 cm³/mol. The lowest BCUT2D eigenvalue weighted by Gasteiger charge is -2.30. The summed E-state index contributed by atoms with van der Waals surface area (Å²) in [6.07, 6.45) is 6.61. The maximum atomic E-state index is 5.35. The van der Waals surface area contributed by atoms with Crippen LogP contribution in [0.3, 0.4) is 0 Å². The van der Waals surface area contributed by atoms with E-state index < -0.39 is 0 Å². The zero-order valence-electron chi connectivity index (χ0n) is 9.00. The second kappa shape index (κ2) is 5.69. The van der Waals surface area contributed by atoms with E-state index in [1.807, 2.05) is 0 Å². The van der Waals surface area contributed by atoms with Gasteiger partial charge in [-0.2, -0.15) is 0 Å². The number of hydrogen-bond acceptors (Lipinski definition) is 3. The first-order valence-corrected chi connectivity index (χ1v) is 6.01. The highest BCUT2D eigenvalue weighted by Crippen LogP contribution is 2.14. The van der Waals surface area contributed by atoms with Crippen LogP contribution in [0.25, 0.3) is 0 Å². The number of nitrogens with zero attached hydrogens (tertiary/aromatic N) is 1. The van der Waals surface area contributed by atoms with E-state index in [4.69, 9.17) is 4.74 Å². The Morgan fingerprint density at radius 2 is 1.79 bits per heavy atom. The summed E-state index contributed by atoms with van der Waals surface area (Å²) in [6.45, 7) is 5.56. The van der Waals surface area contributed by atoms with Crippen molar-refractivity contribution in [2.24, 2.45) is 5.92 Å². The molecular formula is C11H22N2O. The van der Waals surface area contributed by atoms with Crippen LogP contribution in [0, 0.1) is 5.92 Å². The van der Waals surface area contributed by atoms with Crippen molar-refractivity contribution in [3.05, 3.63) is 0 Å². The second-order valence-corrected chi connectivity index (χ2v) is 4.47. The Morgan fingerprint density at radius 1 is 1.07 bits per heavy atom. The third-order valence-electron chi connectivity index (χ3n) is 3.30. The van der Waals surface area contributed by atoms with Gasteiger partial charge in [0.1, 0.15) is 0 Å². The van der Waals surface area contributed by atoms with Gasteiger partial charge in [-0.05, 0) is 31.6 Å². The molecule has 0 aromatic heterocycles. The molecule has 1 N–H and O–H groups in total.